The van der Waals surface area contributed by atoms with Crippen LogP contribution in [0, 0.1) is 0 Å². The lowest BCUT2D eigenvalue weighted by atomic mass is 10.1. The molecule has 1 aliphatic rings. The van der Waals surface area contributed by atoms with Crippen LogP contribution in [0.4, 0.5) is 5.82 Å². The standard InChI is InChI=1S/C15H24N4O/c1-5-12-8-11(9-14(16-2)17-12)15(20)19-7-6-13(10-19)18(3)4/h8-9,13H,5-7,10H2,1-4H3,(H,16,17). The number of carbonyl (C=O) groups is 1. The Morgan fingerprint density at radius 1 is 1.50 bits per heavy atom. The number of rotatable bonds is 4. The molecule has 1 fully saturated rings. The third kappa shape index (κ3) is 3.10. The molecule has 0 bridgehead atoms. The van der Waals surface area contributed by atoms with Gasteiger partial charge in [0.25, 0.3) is 5.91 Å². The van der Waals surface area contributed by atoms with Crippen molar-refractivity contribution in [2.45, 2.75) is 25.8 Å². The van der Waals surface area contributed by atoms with Crippen molar-refractivity contribution in [2.75, 3.05) is 39.5 Å². The highest BCUT2D eigenvalue weighted by molar-refractivity contribution is 5.95. The molecule has 0 spiro atoms. The molecule has 1 saturated heterocycles. The lowest BCUT2D eigenvalue weighted by molar-refractivity contribution is 0.0783. The highest BCUT2D eigenvalue weighted by Crippen LogP contribution is 2.18. The van der Waals surface area contributed by atoms with Crippen molar-refractivity contribution < 1.29 is 4.79 Å². The molecule has 20 heavy (non-hydrogen) atoms. The van der Waals surface area contributed by atoms with Crippen LogP contribution < -0.4 is 5.32 Å². The molecule has 0 radical (unpaired) electrons. The van der Waals surface area contributed by atoms with Crippen LogP contribution in [-0.2, 0) is 6.42 Å². The van der Waals surface area contributed by atoms with Gasteiger partial charge in [0.2, 0.25) is 0 Å². The summed E-state index contributed by atoms with van der Waals surface area (Å²) >= 11 is 0. The second-order valence-electron chi connectivity index (χ2n) is 5.49. The molecule has 1 aromatic heterocycles. The number of hydrogen-bond donors (Lipinski definition) is 1. The van der Waals surface area contributed by atoms with E-state index in [0.717, 1.165) is 43.0 Å². The largest absolute Gasteiger partial charge is 0.373 e. The SMILES string of the molecule is CCc1cc(C(=O)N2CCC(N(C)C)C2)cc(NC)n1. The van der Waals surface area contributed by atoms with E-state index in [1.165, 1.54) is 0 Å². The molecule has 0 saturated carbocycles. The fourth-order valence-corrected chi connectivity index (χ4v) is 2.55. The Hall–Kier alpha value is -1.62. The molecule has 0 aliphatic carbocycles. The lowest BCUT2D eigenvalue weighted by Gasteiger charge is -2.20. The molecule has 2 rings (SSSR count). The molecule has 110 valence electrons. The van der Waals surface area contributed by atoms with Crippen LogP contribution in [-0.4, -0.2) is 61.0 Å². The van der Waals surface area contributed by atoms with Gasteiger partial charge in [-0.2, -0.15) is 0 Å². The molecule has 1 amide bonds. The monoisotopic (exact) mass is 276 g/mol. The first-order valence-corrected chi connectivity index (χ1v) is 7.19. The van der Waals surface area contributed by atoms with Crippen LogP contribution in [0.5, 0.6) is 0 Å². The average molecular weight is 276 g/mol. The summed E-state index contributed by atoms with van der Waals surface area (Å²) in [6, 6.07) is 4.21. The molecular weight excluding hydrogens is 252 g/mol. The molecule has 0 aromatic carbocycles. The van der Waals surface area contributed by atoms with Gasteiger partial charge in [0, 0.05) is 37.4 Å². The van der Waals surface area contributed by atoms with E-state index in [1.807, 2.05) is 31.0 Å². The zero-order chi connectivity index (χ0) is 14.7. The Kier molecular flexibility index (Phi) is 4.60. The Bertz CT molecular complexity index is 465. The van der Waals surface area contributed by atoms with Crippen molar-refractivity contribution >= 4 is 11.7 Å². The number of pyridine rings is 1. The summed E-state index contributed by atoms with van der Waals surface area (Å²) in [4.78, 5) is 21.2. The third-order valence-corrected chi connectivity index (χ3v) is 3.92. The minimum Gasteiger partial charge on any atom is -0.373 e. The first kappa shape index (κ1) is 14.8. The summed E-state index contributed by atoms with van der Waals surface area (Å²) in [7, 11) is 5.96. The quantitative estimate of drug-likeness (QED) is 0.904. The fraction of sp³-hybridized carbons (Fsp3) is 0.600. The van der Waals surface area contributed by atoms with E-state index in [0.29, 0.717) is 6.04 Å². The van der Waals surface area contributed by atoms with Crippen LogP contribution >= 0.6 is 0 Å². The van der Waals surface area contributed by atoms with Crippen molar-refractivity contribution in [3.8, 4) is 0 Å². The molecule has 1 aromatic rings. The van der Waals surface area contributed by atoms with Crippen molar-refractivity contribution in [2.24, 2.45) is 0 Å². The number of aryl methyl sites for hydroxylation is 1. The topological polar surface area (TPSA) is 48.5 Å². The van der Waals surface area contributed by atoms with Gasteiger partial charge in [-0.25, -0.2) is 4.98 Å². The number of nitrogens with one attached hydrogen (secondary N) is 1. The first-order chi connectivity index (χ1) is 9.55. The maximum Gasteiger partial charge on any atom is 0.254 e. The van der Waals surface area contributed by atoms with E-state index in [4.69, 9.17) is 0 Å². The maximum absolute atomic E-state index is 12.6. The Labute approximate surface area is 121 Å². The van der Waals surface area contributed by atoms with Gasteiger partial charge in [-0.3, -0.25) is 4.79 Å². The van der Waals surface area contributed by atoms with Crippen LogP contribution in [0.15, 0.2) is 12.1 Å². The van der Waals surface area contributed by atoms with Gasteiger partial charge in [0.05, 0.1) is 0 Å². The summed E-state index contributed by atoms with van der Waals surface area (Å²) in [5, 5.41) is 3.02. The average Bonchev–Trinajstić information content (AvgIpc) is 2.95. The minimum atomic E-state index is 0.114. The predicted octanol–water partition coefficient (Wildman–Crippen LogP) is 1.46. The summed E-state index contributed by atoms with van der Waals surface area (Å²) in [5.41, 5.74) is 1.68. The smallest absolute Gasteiger partial charge is 0.254 e. The van der Waals surface area contributed by atoms with Crippen molar-refractivity contribution in [1.29, 1.82) is 0 Å². The number of likely N-dealkylation sites (N-methyl/N-ethyl adjacent to an activating group) is 1. The number of hydrogen-bond acceptors (Lipinski definition) is 4. The van der Waals surface area contributed by atoms with E-state index in [2.05, 4.69) is 29.3 Å². The van der Waals surface area contributed by atoms with Gasteiger partial charge in [-0.1, -0.05) is 6.92 Å². The summed E-state index contributed by atoms with van der Waals surface area (Å²) in [5.74, 6) is 0.874. The van der Waals surface area contributed by atoms with E-state index in [1.54, 1.807) is 0 Å². The van der Waals surface area contributed by atoms with Crippen molar-refractivity contribution in [3.05, 3.63) is 23.4 Å². The molecular formula is C15H24N4O. The number of aromatic nitrogens is 1. The van der Waals surface area contributed by atoms with Gasteiger partial charge in [0.15, 0.2) is 0 Å². The van der Waals surface area contributed by atoms with Crippen molar-refractivity contribution in [1.82, 2.24) is 14.8 Å². The van der Waals surface area contributed by atoms with E-state index < -0.39 is 0 Å². The van der Waals surface area contributed by atoms with Gasteiger partial charge in [-0.15, -0.1) is 0 Å². The minimum absolute atomic E-state index is 0.114. The molecule has 5 heteroatoms. The Balaban J connectivity index is 2.17. The molecule has 5 nitrogen and oxygen atoms in total. The molecule has 1 unspecified atom stereocenters. The second-order valence-corrected chi connectivity index (χ2v) is 5.49. The first-order valence-electron chi connectivity index (χ1n) is 7.19. The van der Waals surface area contributed by atoms with Gasteiger partial charge in [-0.05, 0) is 39.1 Å². The molecule has 1 atom stereocenters. The fourth-order valence-electron chi connectivity index (χ4n) is 2.55. The molecule has 2 heterocycles. The highest BCUT2D eigenvalue weighted by Gasteiger charge is 2.28. The number of nitrogens with zero attached hydrogens (tertiary/aromatic N) is 3. The Morgan fingerprint density at radius 2 is 2.25 bits per heavy atom. The maximum atomic E-state index is 12.6. The van der Waals surface area contributed by atoms with Gasteiger partial charge in [0.1, 0.15) is 5.82 Å². The molecule has 1 aliphatic heterocycles. The number of anilines is 1. The van der Waals surface area contributed by atoms with E-state index >= 15 is 0 Å². The van der Waals surface area contributed by atoms with Crippen LogP contribution in [0.2, 0.25) is 0 Å². The predicted molar refractivity (Wildman–Crippen MR) is 81.2 cm³/mol. The van der Waals surface area contributed by atoms with Gasteiger partial charge >= 0.3 is 0 Å². The van der Waals surface area contributed by atoms with E-state index in [-0.39, 0.29) is 5.91 Å². The number of likely N-dealkylation sites (tertiary alicyclic amines) is 1. The third-order valence-electron chi connectivity index (χ3n) is 3.92. The number of carbonyl (C=O) groups excluding carboxylic acids is 1. The second kappa shape index (κ2) is 6.22. The number of amides is 1. The van der Waals surface area contributed by atoms with Gasteiger partial charge < -0.3 is 15.1 Å². The zero-order valence-corrected chi connectivity index (χ0v) is 12.8. The van der Waals surface area contributed by atoms with Crippen molar-refractivity contribution in [3.63, 3.8) is 0 Å². The lowest BCUT2D eigenvalue weighted by Crippen LogP contribution is -2.34. The highest BCUT2D eigenvalue weighted by atomic mass is 16.2. The van der Waals surface area contributed by atoms with Crippen LogP contribution in [0.3, 0.4) is 0 Å². The van der Waals surface area contributed by atoms with Crippen LogP contribution in [0.25, 0.3) is 0 Å². The molecule has 1 N–H and O–H groups in total. The summed E-state index contributed by atoms with van der Waals surface area (Å²) in [6.45, 7) is 3.69. The Morgan fingerprint density at radius 3 is 2.80 bits per heavy atom. The normalized spacial score (nSPS) is 18.6. The van der Waals surface area contributed by atoms with Crippen LogP contribution in [0.1, 0.15) is 29.4 Å². The zero-order valence-electron chi connectivity index (χ0n) is 12.8. The summed E-state index contributed by atoms with van der Waals surface area (Å²) < 4.78 is 0. The van der Waals surface area contributed by atoms with E-state index in [9.17, 15) is 4.79 Å². The summed E-state index contributed by atoms with van der Waals surface area (Å²) in [6.07, 6.45) is 1.87.